The number of hydrogen-bond acceptors (Lipinski definition) is 6. The number of carbonyl (C=O) groups excluding carboxylic acids is 1. The first kappa shape index (κ1) is 21.3. The molecule has 142 valence electrons. The molecule has 1 saturated carbocycles. The largest absolute Gasteiger partial charge is 0.388 e. The molecule has 0 saturated heterocycles. The van der Waals surface area contributed by atoms with Crippen molar-refractivity contribution in [3.63, 3.8) is 0 Å². The molecule has 1 amide bonds. The van der Waals surface area contributed by atoms with Crippen molar-refractivity contribution < 1.29 is 24.5 Å². The molecule has 0 heterocycles. The van der Waals surface area contributed by atoms with Crippen molar-refractivity contribution in [2.75, 3.05) is 41.4 Å². The number of carbonyl (C=O) groups is 1. The van der Waals surface area contributed by atoms with Crippen LogP contribution in [-0.2, 0) is 14.3 Å². The molecule has 0 aromatic carbocycles. The van der Waals surface area contributed by atoms with E-state index in [9.17, 15) is 15.0 Å². The number of rotatable bonds is 10. The number of aliphatic hydroxyl groups excluding tert-OH is 2. The van der Waals surface area contributed by atoms with Crippen LogP contribution in [0.2, 0.25) is 0 Å². The van der Waals surface area contributed by atoms with E-state index in [1.165, 1.54) is 14.2 Å². The lowest BCUT2D eigenvalue weighted by molar-refractivity contribution is -0.184. The predicted octanol–water partition coefficient (Wildman–Crippen LogP) is -0.00370. The summed E-state index contributed by atoms with van der Waals surface area (Å²) >= 11 is 0. The topological polar surface area (TPSA) is 91.3 Å². The summed E-state index contributed by atoms with van der Waals surface area (Å²) in [5, 5.41) is 23.4. The van der Waals surface area contributed by atoms with Crippen LogP contribution in [0.3, 0.4) is 0 Å². The highest BCUT2D eigenvalue weighted by Gasteiger charge is 2.47. The summed E-state index contributed by atoms with van der Waals surface area (Å²) in [4.78, 5) is 14.4. The van der Waals surface area contributed by atoms with Crippen LogP contribution in [0.25, 0.3) is 0 Å². The molecule has 0 aromatic rings. The molecular formula is C17H34N2O5. The molecule has 1 rings (SSSR count). The van der Waals surface area contributed by atoms with Gasteiger partial charge in [0, 0.05) is 27.8 Å². The fraction of sp³-hybridized carbons (Fsp3) is 0.941. The molecular weight excluding hydrogens is 312 g/mol. The number of amides is 1. The molecule has 0 radical (unpaired) electrons. The molecule has 0 aromatic heterocycles. The van der Waals surface area contributed by atoms with E-state index in [0.29, 0.717) is 13.0 Å². The summed E-state index contributed by atoms with van der Waals surface area (Å²) in [5.41, 5.74) is 0. The Morgan fingerprint density at radius 1 is 1.12 bits per heavy atom. The summed E-state index contributed by atoms with van der Waals surface area (Å²) in [6.07, 6.45) is 1.23. The number of nitrogens with one attached hydrogen (secondary N) is 1. The van der Waals surface area contributed by atoms with E-state index in [0.717, 1.165) is 32.2 Å². The molecule has 5 atom stereocenters. The number of methoxy groups -OCH3 is 2. The Morgan fingerprint density at radius 3 is 2.38 bits per heavy atom. The Bertz CT molecular complexity index is 369. The summed E-state index contributed by atoms with van der Waals surface area (Å²) < 4.78 is 10.5. The number of ether oxygens (including phenoxy) is 2. The van der Waals surface area contributed by atoms with Gasteiger partial charge in [-0.15, -0.1) is 0 Å². The zero-order chi connectivity index (χ0) is 18.1. The average molecular weight is 346 g/mol. The highest BCUT2D eigenvalue weighted by Crippen LogP contribution is 2.30. The SMILES string of the molecule is CNCCCCCCN(C)C(=O)C1C[C@@H](OC)[C@@H](O)[C@@H](O)[C@@H]1OC. The van der Waals surface area contributed by atoms with Gasteiger partial charge in [-0.05, 0) is 32.9 Å². The van der Waals surface area contributed by atoms with Gasteiger partial charge in [0.2, 0.25) is 5.91 Å². The van der Waals surface area contributed by atoms with Gasteiger partial charge in [0.25, 0.3) is 0 Å². The first-order valence-corrected chi connectivity index (χ1v) is 8.79. The highest BCUT2D eigenvalue weighted by molar-refractivity contribution is 5.79. The second-order valence-electron chi connectivity index (χ2n) is 6.58. The summed E-state index contributed by atoms with van der Waals surface area (Å²) in [6, 6.07) is 0. The summed E-state index contributed by atoms with van der Waals surface area (Å²) in [7, 11) is 6.66. The van der Waals surface area contributed by atoms with Crippen molar-refractivity contribution in [3.8, 4) is 0 Å². The average Bonchev–Trinajstić information content (AvgIpc) is 2.59. The Hall–Kier alpha value is -0.730. The maximum atomic E-state index is 12.7. The molecule has 3 N–H and O–H groups in total. The van der Waals surface area contributed by atoms with Gasteiger partial charge in [0.1, 0.15) is 12.2 Å². The van der Waals surface area contributed by atoms with Gasteiger partial charge in [-0.25, -0.2) is 0 Å². The molecule has 1 unspecified atom stereocenters. The standard InChI is InChI=1S/C17H34N2O5/c1-18-9-7-5-6-8-10-19(2)17(22)12-11-13(23-3)14(20)15(21)16(12)24-4/h12-16,18,20-21H,5-11H2,1-4H3/t12?,13-,14-,15-,16-/m1/s1. The van der Waals surface area contributed by atoms with Gasteiger partial charge in [0.05, 0.1) is 18.1 Å². The van der Waals surface area contributed by atoms with Crippen LogP contribution in [0.5, 0.6) is 0 Å². The van der Waals surface area contributed by atoms with Crippen LogP contribution in [-0.4, -0.2) is 86.8 Å². The Labute approximate surface area is 145 Å². The molecule has 1 fully saturated rings. The Morgan fingerprint density at radius 2 is 1.79 bits per heavy atom. The van der Waals surface area contributed by atoms with Crippen molar-refractivity contribution in [2.24, 2.45) is 5.92 Å². The van der Waals surface area contributed by atoms with E-state index >= 15 is 0 Å². The zero-order valence-corrected chi connectivity index (χ0v) is 15.4. The van der Waals surface area contributed by atoms with Gasteiger partial charge in [-0.3, -0.25) is 4.79 Å². The molecule has 24 heavy (non-hydrogen) atoms. The molecule has 0 spiro atoms. The van der Waals surface area contributed by atoms with E-state index < -0.39 is 30.3 Å². The third-order valence-corrected chi connectivity index (χ3v) is 4.89. The molecule has 7 nitrogen and oxygen atoms in total. The van der Waals surface area contributed by atoms with Crippen LogP contribution in [0, 0.1) is 5.92 Å². The first-order chi connectivity index (χ1) is 11.5. The minimum absolute atomic E-state index is 0.0647. The van der Waals surface area contributed by atoms with Gasteiger partial charge in [-0.2, -0.15) is 0 Å². The molecule has 1 aliphatic carbocycles. The second kappa shape index (κ2) is 11.0. The van der Waals surface area contributed by atoms with Crippen molar-refractivity contribution in [3.05, 3.63) is 0 Å². The maximum absolute atomic E-state index is 12.7. The maximum Gasteiger partial charge on any atom is 0.228 e. The number of nitrogens with zero attached hydrogens (tertiary/aromatic N) is 1. The molecule has 0 bridgehead atoms. The predicted molar refractivity (Wildman–Crippen MR) is 91.7 cm³/mol. The first-order valence-electron chi connectivity index (χ1n) is 8.79. The van der Waals surface area contributed by atoms with E-state index in [-0.39, 0.29) is 5.91 Å². The van der Waals surface area contributed by atoms with Crippen LogP contribution >= 0.6 is 0 Å². The van der Waals surface area contributed by atoms with Crippen molar-refractivity contribution in [2.45, 2.75) is 56.5 Å². The second-order valence-corrected chi connectivity index (χ2v) is 6.58. The quantitative estimate of drug-likeness (QED) is 0.482. The number of aliphatic hydroxyl groups is 2. The van der Waals surface area contributed by atoms with E-state index in [1.54, 1.807) is 11.9 Å². The van der Waals surface area contributed by atoms with Crippen LogP contribution in [0.15, 0.2) is 0 Å². The summed E-state index contributed by atoms with van der Waals surface area (Å²) in [6.45, 7) is 1.70. The monoisotopic (exact) mass is 346 g/mol. The lowest BCUT2D eigenvalue weighted by atomic mass is 9.79. The van der Waals surface area contributed by atoms with E-state index in [1.807, 2.05) is 7.05 Å². The minimum atomic E-state index is -1.13. The zero-order valence-electron chi connectivity index (χ0n) is 15.4. The van der Waals surface area contributed by atoms with Crippen molar-refractivity contribution >= 4 is 5.91 Å². The minimum Gasteiger partial charge on any atom is -0.388 e. The van der Waals surface area contributed by atoms with E-state index in [2.05, 4.69) is 5.32 Å². The van der Waals surface area contributed by atoms with Crippen molar-refractivity contribution in [1.29, 1.82) is 0 Å². The van der Waals surface area contributed by atoms with Gasteiger partial charge < -0.3 is 29.9 Å². The lowest BCUT2D eigenvalue weighted by Gasteiger charge is -2.41. The molecule has 1 aliphatic rings. The van der Waals surface area contributed by atoms with Crippen LogP contribution < -0.4 is 5.32 Å². The normalized spacial score (nSPS) is 30.3. The van der Waals surface area contributed by atoms with Gasteiger partial charge in [0.15, 0.2) is 0 Å². The summed E-state index contributed by atoms with van der Waals surface area (Å²) in [5.74, 6) is -0.572. The van der Waals surface area contributed by atoms with Crippen molar-refractivity contribution in [1.82, 2.24) is 10.2 Å². The lowest BCUT2D eigenvalue weighted by Crippen LogP contribution is -2.58. The third-order valence-electron chi connectivity index (χ3n) is 4.89. The van der Waals surface area contributed by atoms with Gasteiger partial charge in [-0.1, -0.05) is 12.8 Å². The smallest absolute Gasteiger partial charge is 0.228 e. The van der Waals surface area contributed by atoms with E-state index in [4.69, 9.17) is 9.47 Å². The van der Waals surface area contributed by atoms with Crippen LogP contribution in [0.1, 0.15) is 32.1 Å². The fourth-order valence-corrected chi connectivity index (χ4v) is 3.35. The number of unbranched alkanes of at least 4 members (excludes halogenated alkanes) is 3. The molecule has 0 aliphatic heterocycles. The Balaban J connectivity index is 2.53. The molecule has 7 heteroatoms. The third kappa shape index (κ3) is 5.67. The highest BCUT2D eigenvalue weighted by atomic mass is 16.5. The van der Waals surface area contributed by atoms with Gasteiger partial charge >= 0.3 is 0 Å². The fourth-order valence-electron chi connectivity index (χ4n) is 3.35. The Kier molecular flexibility index (Phi) is 9.76. The number of hydrogen-bond donors (Lipinski definition) is 3. The van der Waals surface area contributed by atoms with Crippen LogP contribution in [0.4, 0.5) is 0 Å².